The van der Waals surface area contributed by atoms with Gasteiger partial charge in [-0.25, -0.2) is 9.07 Å². The molecule has 1 unspecified atom stereocenters. The highest BCUT2D eigenvalue weighted by Crippen LogP contribution is 2.32. The topological polar surface area (TPSA) is 75.4 Å². The smallest absolute Gasteiger partial charge is 0.311 e. The summed E-state index contributed by atoms with van der Waals surface area (Å²) in [4.78, 5) is 25.9. The molecule has 1 aromatic carbocycles. The monoisotopic (exact) mass is 345 g/mol. The van der Waals surface area contributed by atoms with Gasteiger partial charge in [-0.1, -0.05) is 0 Å². The molecule has 6 nitrogen and oxygen atoms in total. The summed E-state index contributed by atoms with van der Waals surface area (Å²) < 4.78 is 14.7. The molecule has 1 N–H and O–H groups in total. The molecule has 3 rings (SSSR count). The number of aliphatic carboxylic acids is 1. The molecule has 0 spiro atoms. The first-order chi connectivity index (χ1) is 11.7. The highest BCUT2D eigenvalue weighted by Gasteiger charge is 2.43. The van der Waals surface area contributed by atoms with E-state index in [2.05, 4.69) is 5.10 Å². The van der Waals surface area contributed by atoms with Gasteiger partial charge >= 0.3 is 5.97 Å². The molecule has 0 saturated carbocycles. The van der Waals surface area contributed by atoms with Crippen molar-refractivity contribution in [3.05, 3.63) is 47.0 Å². The van der Waals surface area contributed by atoms with E-state index < -0.39 is 11.4 Å². The van der Waals surface area contributed by atoms with E-state index in [0.29, 0.717) is 35.6 Å². The standard InChI is InChI=1S/C18H20FN3O3/c1-11-15(16(23)21-9-8-18(3,10-21)17(24)25)12(2)22(20-11)14-6-4-13(19)5-7-14/h4-7H,8-10H2,1-3H3,(H,24,25). The van der Waals surface area contributed by atoms with Crippen LogP contribution in [0.5, 0.6) is 0 Å². The molecule has 2 aromatic rings. The Morgan fingerprint density at radius 1 is 1.24 bits per heavy atom. The number of rotatable bonds is 3. The van der Waals surface area contributed by atoms with Crippen molar-refractivity contribution in [1.82, 2.24) is 14.7 Å². The Morgan fingerprint density at radius 2 is 1.88 bits per heavy atom. The molecule has 1 atom stereocenters. The number of carboxylic acid groups (broad SMARTS) is 1. The molecule has 1 amide bonds. The van der Waals surface area contributed by atoms with Crippen LogP contribution in [0.25, 0.3) is 5.69 Å². The van der Waals surface area contributed by atoms with Gasteiger partial charge in [-0.2, -0.15) is 5.10 Å². The third-order valence-electron chi connectivity index (χ3n) is 4.85. The van der Waals surface area contributed by atoms with Crippen LogP contribution < -0.4 is 0 Å². The van der Waals surface area contributed by atoms with Gasteiger partial charge in [0.2, 0.25) is 0 Å². The molecule has 1 aliphatic rings. The molecule has 0 bridgehead atoms. The minimum Gasteiger partial charge on any atom is -0.481 e. The molecule has 1 aliphatic heterocycles. The van der Waals surface area contributed by atoms with Crippen molar-refractivity contribution in [2.45, 2.75) is 27.2 Å². The van der Waals surface area contributed by atoms with Crippen LogP contribution in [-0.4, -0.2) is 44.8 Å². The van der Waals surface area contributed by atoms with Gasteiger partial charge in [-0.15, -0.1) is 0 Å². The first kappa shape index (κ1) is 17.1. The molecular weight excluding hydrogens is 325 g/mol. The van der Waals surface area contributed by atoms with Crippen LogP contribution in [-0.2, 0) is 4.79 Å². The van der Waals surface area contributed by atoms with Crippen molar-refractivity contribution in [1.29, 1.82) is 0 Å². The summed E-state index contributed by atoms with van der Waals surface area (Å²) in [5.74, 6) is -1.45. The highest BCUT2D eigenvalue weighted by atomic mass is 19.1. The van der Waals surface area contributed by atoms with Crippen molar-refractivity contribution in [3.63, 3.8) is 0 Å². The maximum absolute atomic E-state index is 13.1. The SMILES string of the molecule is Cc1nn(-c2ccc(F)cc2)c(C)c1C(=O)N1CCC(C)(C(=O)O)C1. The van der Waals surface area contributed by atoms with E-state index in [4.69, 9.17) is 0 Å². The number of halogens is 1. The van der Waals surface area contributed by atoms with Crippen LogP contribution in [0.3, 0.4) is 0 Å². The molecular formula is C18H20FN3O3. The van der Waals surface area contributed by atoms with Crippen LogP contribution in [0.15, 0.2) is 24.3 Å². The fourth-order valence-corrected chi connectivity index (χ4v) is 3.25. The van der Waals surface area contributed by atoms with Crippen molar-refractivity contribution >= 4 is 11.9 Å². The zero-order valence-electron chi connectivity index (χ0n) is 14.4. The molecule has 7 heteroatoms. The van der Waals surface area contributed by atoms with E-state index >= 15 is 0 Å². The summed E-state index contributed by atoms with van der Waals surface area (Å²) >= 11 is 0. The summed E-state index contributed by atoms with van der Waals surface area (Å²) in [5, 5.41) is 13.7. The van der Waals surface area contributed by atoms with E-state index in [1.54, 1.807) is 42.5 Å². The third kappa shape index (κ3) is 2.90. The van der Waals surface area contributed by atoms with E-state index in [0.717, 1.165) is 0 Å². The maximum Gasteiger partial charge on any atom is 0.311 e. The Labute approximate surface area is 144 Å². The predicted molar refractivity (Wildman–Crippen MR) is 89.3 cm³/mol. The number of benzene rings is 1. The third-order valence-corrected chi connectivity index (χ3v) is 4.85. The minimum atomic E-state index is -0.912. The van der Waals surface area contributed by atoms with E-state index in [1.807, 2.05) is 0 Å². The van der Waals surface area contributed by atoms with Crippen LogP contribution in [0, 0.1) is 25.1 Å². The number of carbonyl (C=O) groups is 2. The van der Waals surface area contributed by atoms with E-state index in [9.17, 15) is 19.1 Å². The predicted octanol–water partition coefficient (Wildman–Crippen LogP) is 2.57. The number of carboxylic acids is 1. The summed E-state index contributed by atoms with van der Waals surface area (Å²) in [6.45, 7) is 5.77. The van der Waals surface area contributed by atoms with Crippen LogP contribution >= 0.6 is 0 Å². The lowest BCUT2D eigenvalue weighted by atomic mass is 9.90. The van der Waals surface area contributed by atoms with Gasteiger partial charge in [0.25, 0.3) is 5.91 Å². The lowest BCUT2D eigenvalue weighted by Crippen LogP contribution is -2.35. The first-order valence-corrected chi connectivity index (χ1v) is 8.08. The zero-order valence-corrected chi connectivity index (χ0v) is 14.4. The second-order valence-corrected chi connectivity index (χ2v) is 6.78. The van der Waals surface area contributed by atoms with Crippen molar-refractivity contribution < 1.29 is 19.1 Å². The molecule has 1 aromatic heterocycles. The number of hydrogen-bond donors (Lipinski definition) is 1. The van der Waals surface area contributed by atoms with Crippen LogP contribution in [0.2, 0.25) is 0 Å². The molecule has 25 heavy (non-hydrogen) atoms. The first-order valence-electron chi connectivity index (χ1n) is 8.08. The van der Waals surface area contributed by atoms with Gasteiger partial charge < -0.3 is 10.0 Å². The second-order valence-electron chi connectivity index (χ2n) is 6.78. The van der Waals surface area contributed by atoms with Crippen LogP contribution in [0.4, 0.5) is 4.39 Å². The number of carbonyl (C=O) groups excluding carboxylic acids is 1. The van der Waals surface area contributed by atoms with Gasteiger partial charge in [-0.05, 0) is 51.5 Å². The van der Waals surface area contributed by atoms with Gasteiger partial charge in [0.15, 0.2) is 0 Å². The molecule has 1 fully saturated rings. The Hall–Kier alpha value is -2.70. The fraction of sp³-hybridized carbons (Fsp3) is 0.389. The van der Waals surface area contributed by atoms with Gasteiger partial charge in [-0.3, -0.25) is 9.59 Å². The molecule has 132 valence electrons. The average Bonchev–Trinajstić information content (AvgIpc) is 3.10. The number of hydrogen-bond acceptors (Lipinski definition) is 3. The zero-order chi connectivity index (χ0) is 18.4. The van der Waals surface area contributed by atoms with Crippen molar-refractivity contribution in [3.8, 4) is 5.69 Å². The molecule has 1 saturated heterocycles. The molecule has 2 heterocycles. The Bertz CT molecular complexity index is 844. The lowest BCUT2D eigenvalue weighted by molar-refractivity contribution is -0.147. The van der Waals surface area contributed by atoms with Gasteiger partial charge in [0.05, 0.1) is 28.1 Å². The minimum absolute atomic E-state index is 0.182. The number of nitrogens with zero attached hydrogens (tertiary/aromatic N) is 3. The van der Waals surface area contributed by atoms with Crippen molar-refractivity contribution in [2.24, 2.45) is 5.41 Å². The average molecular weight is 345 g/mol. The van der Waals surface area contributed by atoms with Crippen LogP contribution in [0.1, 0.15) is 35.1 Å². The fourth-order valence-electron chi connectivity index (χ4n) is 3.25. The van der Waals surface area contributed by atoms with Gasteiger partial charge in [0.1, 0.15) is 5.82 Å². The Balaban J connectivity index is 1.92. The Kier molecular flexibility index (Phi) is 4.10. The summed E-state index contributed by atoms with van der Waals surface area (Å²) in [7, 11) is 0. The van der Waals surface area contributed by atoms with E-state index in [1.165, 1.54) is 12.1 Å². The number of amides is 1. The van der Waals surface area contributed by atoms with E-state index in [-0.39, 0.29) is 18.3 Å². The molecule has 0 radical (unpaired) electrons. The lowest BCUT2D eigenvalue weighted by Gasteiger charge is -2.20. The summed E-state index contributed by atoms with van der Waals surface area (Å²) in [5.41, 5.74) is 1.44. The second kappa shape index (κ2) is 5.98. The largest absolute Gasteiger partial charge is 0.481 e. The van der Waals surface area contributed by atoms with Gasteiger partial charge in [0, 0.05) is 13.1 Å². The highest BCUT2D eigenvalue weighted by molar-refractivity contribution is 5.97. The summed E-state index contributed by atoms with van der Waals surface area (Å²) in [6, 6.07) is 5.87. The normalized spacial score (nSPS) is 20.1. The molecule has 0 aliphatic carbocycles. The summed E-state index contributed by atoms with van der Waals surface area (Å²) in [6.07, 6.45) is 0.429. The Morgan fingerprint density at radius 3 is 2.44 bits per heavy atom. The quantitative estimate of drug-likeness (QED) is 0.928. The number of likely N-dealkylation sites (tertiary alicyclic amines) is 1. The number of aryl methyl sites for hydroxylation is 1. The van der Waals surface area contributed by atoms with Crippen molar-refractivity contribution in [2.75, 3.05) is 13.1 Å². The number of aromatic nitrogens is 2. The maximum atomic E-state index is 13.1.